The molecule has 0 aliphatic carbocycles. The number of anilines is 1. The number of hydrogen-bond donors (Lipinski definition) is 2. The van der Waals surface area contributed by atoms with Crippen LogP contribution in [0.4, 0.5) is 10.6 Å². The number of imidazole rings is 1. The van der Waals surface area contributed by atoms with Gasteiger partial charge in [-0.1, -0.05) is 6.07 Å². The van der Waals surface area contributed by atoms with Crippen LogP contribution in [0.5, 0.6) is 0 Å². The van der Waals surface area contributed by atoms with Gasteiger partial charge in [0.05, 0.1) is 19.0 Å². The number of carbonyl (C=O) groups is 1. The van der Waals surface area contributed by atoms with Crippen LogP contribution in [0.25, 0.3) is 0 Å². The van der Waals surface area contributed by atoms with Crippen molar-refractivity contribution in [3.63, 3.8) is 0 Å². The maximum atomic E-state index is 11.8. The van der Waals surface area contributed by atoms with Crippen LogP contribution in [0.15, 0.2) is 37.1 Å². The fourth-order valence-corrected chi connectivity index (χ4v) is 2.70. The van der Waals surface area contributed by atoms with Crippen molar-refractivity contribution in [3.8, 4) is 0 Å². The van der Waals surface area contributed by atoms with Crippen molar-refractivity contribution in [3.05, 3.63) is 42.6 Å². The Kier molecular flexibility index (Phi) is 5.84. The quantitative estimate of drug-likeness (QED) is 0.817. The summed E-state index contributed by atoms with van der Waals surface area (Å²) in [6, 6.07) is 3.80. The van der Waals surface area contributed by atoms with Gasteiger partial charge in [0, 0.05) is 51.3 Å². The molecule has 134 valence electrons. The lowest BCUT2D eigenvalue weighted by Crippen LogP contribution is -2.41. The summed E-state index contributed by atoms with van der Waals surface area (Å²) in [7, 11) is 0. The molecule has 1 fully saturated rings. The maximum absolute atomic E-state index is 11.8. The van der Waals surface area contributed by atoms with E-state index in [2.05, 4.69) is 32.4 Å². The molecule has 1 aliphatic heterocycles. The molecule has 2 aromatic rings. The number of morpholine rings is 1. The van der Waals surface area contributed by atoms with Gasteiger partial charge in [-0.05, 0) is 18.6 Å². The van der Waals surface area contributed by atoms with Crippen LogP contribution in [-0.4, -0.2) is 52.9 Å². The molecule has 1 aliphatic rings. The monoisotopic (exact) mass is 344 g/mol. The van der Waals surface area contributed by atoms with E-state index >= 15 is 0 Å². The number of ether oxygens (including phenoxy) is 1. The number of amides is 2. The minimum absolute atomic E-state index is 0.189. The zero-order valence-electron chi connectivity index (χ0n) is 14.4. The summed E-state index contributed by atoms with van der Waals surface area (Å²) in [6.45, 7) is 6.19. The van der Waals surface area contributed by atoms with Crippen molar-refractivity contribution in [1.82, 2.24) is 25.2 Å². The number of urea groups is 1. The Morgan fingerprint density at radius 3 is 3.04 bits per heavy atom. The molecule has 0 spiro atoms. The normalized spacial score (nSPS) is 17.3. The number of nitrogens with zero attached hydrogens (tertiary/aromatic N) is 4. The van der Waals surface area contributed by atoms with Crippen molar-refractivity contribution >= 4 is 11.8 Å². The third-order valence-electron chi connectivity index (χ3n) is 4.04. The van der Waals surface area contributed by atoms with Crippen LogP contribution < -0.4 is 15.5 Å². The summed E-state index contributed by atoms with van der Waals surface area (Å²) in [5.74, 6) is 0.948. The molecular formula is C17H24N6O2. The number of hydrogen-bond acceptors (Lipinski definition) is 5. The topological polar surface area (TPSA) is 84.3 Å². The molecule has 0 saturated carbocycles. The van der Waals surface area contributed by atoms with Gasteiger partial charge in [-0.3, -0.25) is 0 Å². The fourth-order valence-electron chi connectivity index (χ4n) is 2.70. The van der Waals surface area contributed by atoms with E-state index in [1.165, 1.54) is 0 Å². The molecule has 3 heterocycles. The first kappa shape index (κ1) is 17.2. The van der Waals surface area contributed by atoms with Gasteiger partial charge in [0.1, 0.15) is 5.82 Å². The van der Waals surface area contributed by atoms with Crippen LogP contribution in [-0.2, 0) is 17.8 Å². The van der Waals surface area contributed by atoms with Crippen molar-refractivity contribution in [2.45, 2.75) is 26.1 Å². The summed E-state index contributed by atoms with van der Waals surface area (Å²) >= 11 is 0. The average molecular weight is 344 g/mol. The van der Waals surface area contributed by atoms with E-state index < -0.39 is 0 Å². The average Bonchev–Trinajstić information content (AvgIpc) is 3.14. The SMILES string of the molecule is CC1CN(c2ccc(CNC(=O)NCCn3ccnc3)cn2)CCO1. The summed E-state index contributed by atoms with van der Waals surface area (Å²) in [6.07, 6.45) is 7.34. The van der Waals surface area contributed by atoms with Crippen molar-refractivity contribution in [2.75, 3.05) is 31.1 Å². The number of pyridine rings is 1. The van der Waals surface area contributed by atoms with Crippen molar-refractivity contribution in [2.24, 2.45) is 0 Å². The molecule has 1 atom stereocenters. The second-order valence-electron chi connectivity index (χ2n) is 6.06. The van der Waals surface area contributed by atoms with Gasteiger partial charge in [-0.25, -0.2) is 14.8 Å². The van der Waals surface area contributed by atoms with E-state index in [4.69, 9.17) is 4.74 Å². The molecule has 2 amide bonds. The Labute approximate surface area is 147 Å². The summed E-state index contributed by atoms with van der Waals surface area (Å²) < 4.78 is 7.46. The Balaban J connectivity index is 1.39. The highest BCUT2D eigenvalue weighted by Crippen LogP contribution is 2.15. The zero-order valence-corrected chi connectivity index (χ0v) is 14.4. The highest BCUT2D eigenvalue weighted by molar-refractivity contribution is 5.73. The minimum atomic E-state index is -0.189. The standard InChI is InChI=1S/C17H24N6O2/c1-14-12-23(8-9-25-14)16-3-2-15(10-20-16)11-21-17(24)19-5-7-22-6-4-18-13-22/h2-4,6,10,13-14H,5,7-9,11-12H2,1H3,(H2,19,21,24). The number of nitrogens with one attached hydrogen (secondary N) is 2. The van der Waals surface area contributed by atoms with Crippen molar-refractivity contribution < 1.29 is 9.53 Å². The third kappa shape index (κ3) is 5.18. The fraction of sp³-hybridized carbons (Fsp3) is 0.471. The molecule has 1 unspecified atom stereocenters. The lowest BCUT2D eigenvalue weighted by Gasteiger charge is -2.32. The lowest BCUT2D eigenvalue weighted by molar-refractivity contribution is 0.0529. The molecule has 8 heteroatoms. The number of rotatable bonds is 6. The first-order chi connectivity index (χ1) is 12.2. The summed E-state index contributed by atoms with van der Waals surface area (Å²) in [5, 5.41) is 5.65. The Morgan fingerprint density at radius 1 is 1.40 bits per heavy atom. The number of carbonyl (C=O) groups excluding carboxylic acids is 1. The first-order valence-corrected chi connectivity index (χ1v) is 8.49. The van der Waals surface area contributed by atoms with Crippen LogP contribution in [0.2, 0.25) is 0 Å². The van der Waals surface area contributed by atoms with E-state index in [1.54, 1.807) is 18.7 Å². The Bertz CT molecular complexity index is 658. The van der Waals surface area contributed by atoms with E-state index in [1.807, 2.05) is 22.9 Å². The largest absolute Gasteiger partial charge is 0.375 e. The van der Waals surface area contributed by atoms with Gasteiger partial charge in [0.2, 0.25) is 0 Å². The molecule has 25 heavy (non-hydrogen) atoms. The van der Waals surface area contributed by atoms with Crippen molar-refractivity contribution in [1.29, 1.82) is 0 Å². The van der Waals surface area contributed by atoms with Gasteiger partial charge in [0.25, 0.3) is 0 Å². The predicted molar refractivity (Wildman–Crippen MR) is 94.3 cm³/mol. The maximum Gasteiger partial charge on any atom is 0.315 e. The van der Waals surface area contributed by atoms with E-state index in [9.17, 15) is 4.79 Å². The second kappa shape index (κ2) is 8.48. The molecule has 3 rings (SSSR count). The smallest absolute Gasteiger partial charge is 0.315 e. The van der Waals surface area contributed by atoms with Crippen LogP contribution in [0, 0.1) is 0 Å². The molecule has 2 aromatic heterocycles. The van der Waals surface area contributed by atoms with Gasteiger partial charge in [-0.2, -0.15) is 0 Å². The Hall–Kier alpha value is -2.61. The second-order valence-corrected chi connectivity index (χ2v) is 6.06. The molecule has 0 aromatic carbocycles. The summed E-state index contributed by atoms with van der Waals surface area (Å²) in [5.41, 5.74) is 0.967. The molecule has 1 saturated heterocycles. The molecule has 0 bridgehead atoms. The highest BCUT2D eigenvalue weighted by Gasteiger charge is 2.17. The van der Waals surface area contributed by atoms with Gasteiger partial charge < -0.3 is 24.8 Å². The van der Waals surface area contributed by atoms with Gasteiger partial charge in [0.15, 0.2) is 0 Å². The first-order valence-electron chi connectivity index (χ1n) is 8.49. The molecule has 8 nitrogen and oxygen atoms in total. The van der Waals surface area contributed by atoms with Crippen LogP contribution >= 0.6 is 0 Å². The minimum Gasteiger partial charge on any atom is -0.375 e. The van der Waals surface area contributed by atoms with Gasteiger partial charge in [-0.15, -0.1) is 0 Å². The molecule has 2 N–H and O–H groups in total. The van der Waals surface area contributed by atoms with Crippen LogP contribution in [0.1, 0.15) is 12.5 Å². The predicted octanol–water partition coefficient (Wildman–Crippen LogP) is 1.00. The lowest BCUT2D eigenvalue weighted by atomic mass is 10.2. The van der Waals surface area contributed by atoms with E-state index in [-0.39, 0.29) is 12.1 Å². The van der Waals surface area contributed by atoms with E-state index in [0.717, 1.165) is 31.1 Å². The molecule has 0 radical (unpaired) electrons. The van der Waals surface area contributed by atoms with Gasteiger partial charge >= 0.3 is 6.03 Å². The molecular weight excluding hydrogens is 320 g/mol. The zero-order chi connectivity index (χ0) is 17.5. The third-order valence-corrected chi connectivity index (χ3v) is 4.04. The van der Waals surface area contributed by atoms with Crippen LogP contribution in [0.3, 0.4) is 0 Å². The highest BCUT2D eigenvalue weighted by atomic mass is 16.5. The number of aromatic nitrogens is 3. The summed E-state index contributed by atoms with van der Waals surface area (Å²) in [4.78, 5) is 22.5. The Morgan fingerprint density at radius 2 is 2.32 bits per heavy atom. The van der Waals surface area contributed by atoms with E-state index in [0.29, 0.717) is 19.6 Å².